The van der Waals surface area contributed by atoms with Gasteiger partial charge in [-0.2, -0.15) is 16.9 Å². The zero-order valence-corrected chi connectivity index (χ0v) is 13.3. The predicted molar refractivity (Wildman–Crippen MR) is 81.6 cm³/mol. The highest BCUT2D eigenvalue weighted by Gasteiger charge is 2.19. The minimum atomic E-state index is 0.509. The number of nitrogens with one attached hydrogen (secondary N) is 1. The average molecular weight is 270 g/mol. The first-order valence-electron chi connectivity index (χ1n) is 6.47. The molecule has 0 aliphatic rings. The van der Waals surface area contributed by atoms with E-state index in [0.717, 1.165) is 24.5 Å². The molecule has 0 saturated carbocycles. The number of nitrogens with zero attached hydrogens (tertiary/aromatic N) is 3. The molecule has 1 aromatic rings. The van der Waals surface area contributed by atoms with E-state index in [0.29, 0.717) is 6.04 Å². The third kappa shape index (κ3) is 3.42. The summed E-state index contributed by atoms with van der Waals surface area (Å²) in [4.78, 5) is 2.34. The number of hydrogen-bond acceptors (Lipinski definition) is 4. The van der Waals surface area contributed by atoms with E-state index >= 15 is 0 Å². The molecule has 1 N–H and O–H groups in total. The molecule has 1 aromatic heterocycles. The maximum absolute atomic E-state index is 4.56. The Morgan fingerprint density at radius 3 is 2.72 bits per heavy atom. The Balaban J connectivity index is 2.98. The summed E-state index contributed by atoms with van der Waals surface area (Å²) in [6.07, 6.45) is 2.15. The first kappa shape index (κ1) is 15.4. The third-order valence-corrected chi connectivity index (χ3v) is 4.08. The molecule has 0 fully saturated rings. The van der Waals surface area contributed by atoms with Gasteiger partial charge in [-0.05, 0) is 26.6 Å². The molecular formula is C13H26N4S. The van der Waals surface area contributed by atoms with Gasteiger partial charge in [0.2, 0.25) is 0 Å². The van der Waals surface area contributed by atoms with Crippen molar-refractivity contribution in [2.45, 2.75) is 33.4 Å². The topological polar surface area (TPSA) is 33.1 Å². The molecule has 4 nitrogen and oxygen atoms in total. The van der Waals surface area contributed by atoms with Gasteiger partial charge >= 0.3 is 0 Å². The average Bonchev–Trinajstić information content (AvgIpc) is 2.60. The van der Waals surface area contributed by atoms with Gasteiger partial charge in [0.05, 0.1) is 5.69 Å². The molecule has 0 amide bonds. The summed E-state index contributed by atoms with van der Waals surface area (Å²) in [7, 11) is 4.19. The van der Waals surface area contributed by atoms with E-state index in [9.17, 15) is 0 Å². The molecule has 1 atom stereocenters. The molecule has 1 rings (SSSR count). The Labute approximate surface area is 115 Å². The van der Waals surface area contributed by atoms with Gasteiger partial charge in [-0.1, -0.05) is 6.92 Å². The van der Waals surface area contributed by atoms with Crippen molar-refractivity contribution in [2.24, 2.45) is 7.05 Å². The molecule has 0 aromatic carbocycles. The van der Waals surface area contributed by atoms with Gasteiger partial charge in [0.25, 0.3) is 0 Å². The fourth-order valence-corrected chi connectivity index (χ4v) is 2.86. The van der Waals surface area contributed by atoms with Gasteiger partial charge in [-0.3, -0.25) is 4.68 Å². The van der Waals surface area contributed by atoms with Crippen LogP contribution in [0.1, 0.15) is 25.1 Å². The standard InChI is InChI=1S/C13H26N4S/c1-7-14-8-12-11(3)15-17(5)13(12)16(4)10(2)9-18-6/h10,14H,7-9H2,1-6H3. The lowest BCUT2D eigenvalue weighted by Gasteiger charge is -2.27. The van der Waals surface area contributed by atoms with Gasteiger partial charge in [0, 0.05) is 38.0 Å². The van der Waals surface area contributed by atoms with E-state index in [1.807, 2.05) is 23.5 Å². The zero-order valence-electron chi connectivity index (χ0n) is 12.4. The zero-order chi connectivity index (χ0) is 13.7. The van der Waals surface area contributed by atoms with Crippen LogP contribution in [0, 0.1) is 6.92 Å². The fraction of sp³-hybridized carbons (Fsp3) is 0.769. The number of aromatic nitrogens is 2. The van der Waals surface area contributed by atoms with Crippen molar-refractivity contribution in [3.05, 3.63) is 11.3 Å². The van der Waals surface area contributed by atoms with E-state index < -0.39 is 0 Å². The van der Waals surface area contributed by atoms with Crippen LogP contribution >= 0.6 is 11.8 Å². The van der Waals surface area contributed by atoms with Gasteiger partial charge in [0.1, 0.15) is 5.82 Å². The minimum absolute atomic E-state index is 0.509. The SMILES string of the molecule is CCNCc1c(C)nn(C)c1N(C)C(C)CSC. The van der Waals surface area contributed by atoms with Crippen LogP contribution in [-0.2, 0) is 13.6 Å². The molecule has 5 heteroatoms. The molecule has 104 valence electrons. The van der Waals surface area contributed by atoms with Crippen LogP contribution in [0.3, 0.4) is 0 Å². The second kappa shape index (κ2) is 7.04. The van der Waals surface area contributed by atoms with E-state index in [-0.39, 0.29) is 0 Å². The van der Waals surface area contributed by atoms with Crippen molar-refractivity contribution >= 4 is 17.6 Å². The molecule has 0 aliphatic carbocycles. The van der Waals surface area contributed by atoms with Crippen molar-refractivity contribution in [2.75, 3.05) is 30.5 Å². The van der Waals surface area contributed by atoms with Crippen molar-refractivity contribution in [1.82, 2.24) is 15.1 Å². The maximum Gasteiger partial charge on any atom is 0.131 e. The highest BCUT2D eigenvalue weighted by atomic mass is 32.2. The lowest BCUT2D eigenvalue weighted by atomic mass is 10.2. The Bertz CT molecular complexity index is 375. The van der Waals surface area contributed by atoms with Crippen LogP contribution in [0.25, 0.3) is 0 Å². The smallest absolute Gasteiger partial charge is 0.131 e. The van der Waals surface area contributed by atoms with E-state index in [1.54, 1.807) is 0 Å². The highest BCUT2D eigenvalue weighted by molar-refractivity contribution is 7.98. The fourth-order valence-electron chi connectivity index (χ4n) is 2.15. The number of aryl methyl sites for hydroxylation is 2. The largest absolute Gasteiger partial charge is 0.356 e. The summed E-state index contributed by atoms with van der Waals surface area (Å²) in [6.45, 7) is 8.35. The first-order valence-corrected chi connectivity index (χ1v) is 7.87. The monoisotopic (exact) mass is 270 g/mol. The first-order chi connectivity index (χ1) is 8.52. The lowest BCUT2D eigenvalue weighted by Crippen LogP contribution is -2.33. The summed E-state index contributed by atoms with van der Waals surface area (Å²) >= 11 is 1.88. The summed E-state index contributed by atoms with van der Waals surface area (Å²) in [5.41, 5.74) is 2.44. The quantitative estimate of drug-likeness (QED) is 0.822. The number of thioether (sulfide) groups is 1. The Kier molecular flexibility index (Phi) is 6.02. The predicted octanol–water partition coefficient (Wildman–Crippen LogP) is 2.03. The minimum Gasteiger partial charge on any atom is -0.356 e. The lowest BCUT2D eigenvalue weighted by molar-refractivity contribution is 0.676. The molecular weight excluding hydrogens is 244 g/mol. The third-order valence-electron chi connectivity index (χ3n) is 3.27. The summed E-state index contributed by atoms with van der Waals surface area (Å²) < 4.78 is 2.00. The van der Waals surface area contributed by atoms with Gasteiger partial charge in [-0.25, -0.2) is 0 Å². The van der Waals surface area contributed by atoms with Crippen molar-refractivity contribution in [1.29, 1.82) is 0 Å². The molecule has 0 bridgehead atoms. The van der Waals surface area contributed by atoms with Crippen LogP contribution < -0.4 is 10.2 Å². The van der Waals surface area contributed by atoms with Crippen molar-refractivity contribution in [3.63, 3.8) is 0 Å². The second-order valence-electron chi connectivity index (χ2n) is 4.71. The Morgan fingerprint density at radius 2 is 2.17 bits per heavy atom. The molecule has 1 unspecified atom stereocenters. The van der Waals surface area contributed by atoms with Gasteiger partial charge < -0.3 is 10.2 Å². The van der Waals surface area contributed by atoms with Gasteiger partial charge in [-0.15, -0.1) is 0 Å². The summed E-state index contributed by atoms with van der Waals surface area (Å²) in [5, 5.41) is 7.96. The second-order valence-corrected chi connectivity index (χ2v) is 5.62. The number of rotatable bonds is 7. The number of anilines is 1. The van der Waals surface area contributed by atoms with Gasteiger partial charge in [0.15, 0.2) is 0 Å². The Morgan fingerprint density at radius 1 is 1.50 bits per heavy atom. The van der Waals surface area contributed by atoms with E-state index in [4.69, 9.17) is 0 Å². The molecule has 0 radical (unpaired) electrons. The molecule has 1 heterocycles. The molecule has 0 spiro atoms. The number of hydrogen-bond donors (Lipinski definition) is 1. The summed E-state index contributed by atoms with van der Waals surface area (Å²) in [5.74, 6) is 2.36. The maximum atomic E-state index is 4.56. The molecule has 0 saturated heterocycles. The molecule has 0 aliphatic heterocycles. The van der Waals surface area contributed by atoms with Crippen LogP contribution in [-0.4, -0.2) is 41.4 Å². The normalized spacial score (nSPS) is 12.8. The van der Waals surface area contributed by atoms with Crippen molar-refractivity contribution in [3.8, 4) is 0 Å². The Hall–Kier alpha value is -0.680. The van der Waals surface area contributed by atoms with Crippen LogP contribution in [0.4, 0.5) is 5.82 Å². The summed E-state index contributed by atoms with van der Waals surface area (Å²) in [6, 6.07) is 0.509. The van der Waals surface area contributed by atoms with Crippen molar-refractivity contribution < 1.29 is 0 Å². The van der Waals surface area contributed by atoms with Crippen LogP contribution in [0.15, 0.2) is 0 Å². The van der Waals surface area contributed by atoms with E-state index in [2.05, 4.69) is 49.4 Å². The van der Waals surface area contributed by atoms with Crippen LogP contribution in [0.5, 0.6) is 0 Å². The van der Waals surface area contributed by atoms with E-state index in [1.165, 1.54) is 11.4 Å². The molecule has 18 heavy (non-hydrogen) atoms. The highest BCUT2D eigenvalue weighted by Crippen LogP contribution is 2.24. The van der Waals surface area contributed by atoms with Crippen LogP contribution in [0.2, 0.25) is 0 Å².